The predicted octanol–water partition coefficient (Wildman–Crippen LogP) is 4.61. The molecule has 0 bridgehead atoms. The van der Waals surface area contributed by atoms with Crippen LogP contribution in [0.5, 0.6) is 17.2 Å². The summed E-state index contributed by atoms with van der Waals surface area (Å²) >= 11 is 5.87. The first kappa shape index (κ1) is 20.9. The minimum absolute atomic E-state index is 0.0554. The minimum atomic E-state index is -0.573. The normalized spacial score (nSPS) is 11.8. The summed E-state index contributed by atoms with van der Waals surface area (Å²) in [6.07, 6.45) is 0.0373. The molecule has 0 radical (unpaired) electrons. The van der Waals surface area contributed by atoms with Crippen LogP contribution < -0.4 is 19.5 Å². The molecule has 0 unspecified atom stereocenters. The molecule has 0 heterocycles. The fourth-order valence-electron chi connectivity index (χ4n) is 2.48. The van der Waals surface area contributed by atoms with Crippen LogP contribution in [0.4, 0.5) is 0 Å². The molecule has 6 heteroatoms. The van der Waals surface area contributed by atoms with Gasteiger partial charge in [-0.25, -0.2) is 0 Å². The Labute approximate surface area is 165 Å². The molecular weight excluding hydrogens is 366 g/mol. The summed E-state index contributed by atoms with van der Waals surface area (Å²) in [4.78, 5) is 12.5. The number of rotatable bonds is 9. The van der Waals surface area contributed by atoms with Crippen LogP contribution in [0.2, 0.25) is 5.02 Å². The lowest BCUT2D eigenvalue weighted by molar-refractivity contribution is -0.128. The fraction of sp³-hybridized carbons (Fsp3) is 0.381. The summed E-state index contributed by atoms with van der Waals surface area (Å²) in [5.41, 5.74) is 0.914. The average molecular weight is 392 g/mol. The van der Waals surface area contributed by atoms with E-state index >= 15 is 0 Å². The number of halogens is 1. The van der Waals surface area contributed by atoms with Crippen molar-refractivity contribution in [2.24, 2.45) is 0 Å². The van der Waals surface area contributed by atoms with Gasteiger partial charge in [-0.2, -0.15) is 0 Å². The van der Waals surface area contributed by atoms with Crippen LogP contribution in [0.3, 0.4) is 0 Å². The maximum Gasteiger partial charge on any atom is 0.261 e. The van der Waals surface area contributed by atoms with E-state index in [1.807, 2.05) is 39.0 Å². The molecule has 146 valence electrons. The van der Waals surface area contributed by atoms with Gasteiger partial charge >= 0.3 is 0 Å². The average Bonchev–Trinajstić information content (AvgIpc) is 2.66. The number of carbonyl (C=O) groups is 1. The number of carbonyl (C=O) groups excluding carboxylic acids is 1. The molecule has 2 aromatic carbocycles. The Hall–Kier alpha value is -2.40. The van der Waals surface area contributed by atoms with E-state index in [0.717, 1.165) is 5.56 Å². The Kier molecular flexibility index (Phi) is 7.80. The molecule has 0 aliphatic rings. The number of hydrogen-bond donors (Lipinski definition) is 1. The SMILES string of the molecule is CC[C@H](Oc1ccc(Cl)cc1)C(=O)NCc1ccc(OC(C)C)c(OC)c1. The highest BCUT2D eigenvalue weighted by molar-refractivity contribution is 6.30. The van der Waals surface area contributed by atoms with Gasteiger partial charge in [-0.15, -0.1) is 0 Å². The fourth-order valence-corrected chi connectivity index (χ4v) is 2.60. The lowest BCUT2D eigenvalue weighted by Gasteiger charge is -2.18. The maximum absolute atomic E-state index is 12.5. The third-order valence-electron chi connectivity index (χ3n) is 3.81. The molecular formula is C21H26ClNO4. The molecule has 1 N–H and O–H groups in total. The zero-order valence-corrected chi connectivity index (χ0v) is 16.9. The van der Waals surface area contributed by atoms with Gasteiger partial charge in [-0.3, -0.25) is 4.79 Å². The number of ether oxygens (including phenoxy) is 3. The molecule has 0 saturated carbocycles. The first-order valence-corrected chi connectivity index (χ1v) is 9.34. The molecule has 0 aliphatic carbocycles. The molecule has 0 fully saturated rings. The maximum atomic E-state index is 12.5. The predicted molar refractivity (Wildman–Crippen MR) is 107 cm³/mol. The van der Waals surface area contributed by atoms with Gasteiger partial charge in [-0.1, -0.05) is 24.6 Å². The van der Waals surface area contributed by atoms with Crippen LogP contribution in [0.25, 0.3) is 0 Å². The van der Waals surface area contributed by atoms with Crippen molar-refractivity contribution in [3.8, 4) is 17.2 Å². The van der Waals surface area contributed by atoms with E-state index in [1.54, 1.807) is 31.4 Å². The Morgan fingerprint density at radius 3 is 2.37 bits per heavy atom. The summed E-state index contributed by atoms with van der Waals surface area (Å²) in [6, 6.07) is 12.6. The third-order valence-corrected chi connectivity index (χ3v) is 4.06. The van der Waals surface area contributed by atoms with E-state index in [0.29, 0.717) is 35.2 Å². The number of hydrogen-bond acceptors (Lipinski definition) is 4. The van der Waals surface area contributed by atoms with E-state index < -0.39 is 6.10 Å². The number of methoxy groups -OCH3 is 1. The lowest BCUT2D eigenvalue weighted by atomic mass is 10.2. The zero-order chi connectivity index (χ0) is 19.8. The Morgan fingerprint density at radius 1 is 1.07 bits per heavy atom. The molecule has 2 rings (SSSR count). The van der Waals surface area contributed by atoms with Gasteiger partial charge in [0.2, 0.25) is 0 Å². The van der Waals surface area contributed by atoms with Crippen LogP contribution in [-0.4, -0.2) is 25.2 Å². The third kappa shape index (κ3) is 6.36. The quantitative estimate of drug-likeness (QED) is 0.678. The zero-order valence-electron chi connectivity index (χ0n) is 16.1. The van der Waals surface area contributed by atoms with Crippen molar-refractivity contribution in [2.45, 2.75) is 45.9 Å². The van der Waals surface area contributed by atoms with Gasteiger partial charge in [0.05, 0.1) is 13.2 Å². The Morgan fingerprint density at radius 2 is 1.78 bits per heavy atom. The molecule has 1 amide bonds. The van der Waals surface area contributed by atoms with Gasteiger partial charge in [-0.05, 0) is 62.2 Å². The molecule has 27 heavy (non-hydrogen) atoms. The second kappa shape index (κ2) is 10.1. The van der Waals surface area contributed by atoms with Crippen LogP contribution in [0, 0.1) is 0 Å². The van der Waals surface area contributed by atoms with Crippen LogP contribution in [-0.2, 0) is 11.3 Å². The van der Waals surface area contributed by atoms with Gasteiger partial charge in [0.25, 0.3) is 5.91 Å². The summed E-state index contributed by atoms with van der Waals surface area (Å²) in [6.45, 7) is 6.19. The summed E-state index contributed by atoms with van der Waals surface area (Å²) in [5, 5.41) is 3.53. The van der Waals surface area contributed by atoms with Crippen molar-refractivity contribution >= 4 is 17.5 Å². The van der Waals surface area contributed by atoms with Crippen LogP contribution in [0.15, 0.2) is 42.5 Å². The Bertz CT molecular complexity index is 746. The van der Waals surface area contributed by atoms with Gasteiger partial charge in [0, 0.05) is 11.6 Å². The molecule has 2 aromatic rings. The Balaban J connectivity index is 1.97. The molecule has 5 nitrogen and oxygen atoms in total. The van der Waals surface area contributed by atoms with Gasteiger partial charge in [0.1, 0.15) is 5.75 Å². The second-order valence-electron chi connectivity index (χ2n) is 6.34. The lowest BCUT2D eigenvalue weighted by Crippen LogP contribution is -2.37. The monoisotopic (exact) mass is 391 g/mol. The van der Waals surface area contributed by atoms with Crippen LogP contribution >= 0.6 is 11.6 Å². The highest BCUT2D eigenvalue weighted by Gasteiger charge is 2.18. The minimum Gasteiger partial charge on any atom is -0.493 e. The smallest absolute Gasteiger partial charge is 0.261 e. The number of benzene rings is 2. The van der Waals surface area contributed by atoms with Crippen LogP contribution in [0.1, 0.15) is 32.8 Å². The number of amides is 1. The largest absolute Gasteiger partial charge is 0.493 e. The second-order valence-corrected chi connectivity index (χ2v) is 6.77. The molecule has 0 aliphatic heterocycles. The van der Waals surface area contributed by atoms with E-state index in [9.17, 15) is 4.79 Å². The van der Waals surface area contributed by atoms with Crippen molar-refractivity contribution in [1.29, 1.82) is 0 Å². The summed E-state index contributed by atoms with van der Waals surface area (Å²) in [7, 11) is 1.60. The van der Waals surface area contributed by atoms with Crippen molar-refractivity contribution in [3.05, 3.63) is 53.1 Å². The van der Waals surface area contributed by atoms with Crippen molar-refractivity contribution in [3.63, 3.8) is 0 Å². The molecule has 0 saturated heterocycles. The van der Waals surface area contributed by atoms with Gasteiger partial charge in [0.15, 0.2) is 17.6 Å². The molecule has 1 atom stereocenters. The standard InChI is InChI=1S/C21H26ClNO4/c1-5-18(27-17-9-7-16(22)8-10-17)21(24)23-13-15-6-11-19(26-14(2)3)20(12-15)25-4/h6-12,14,18H,5,13H2,1-4H3,(H,23,24)/t18-/m0/s1. The van der Waals surface area contributed by atoms with Crippen molar-refractivity contribution < 1.29 is 19.0 Å². The molecule has 0 spiro atoms. The highest BCUT2D eigenvalue weighted by atomic mass is 35.5. The number of nitrogens with one attached hydrogen (secondary N) is 1. The van der Waals surface area contributed by atoms with E-state index in [2.05, 4.69) is 5.32 Å². The summed E-state index contributed by atoms with van der Waals surface area (Å²) < 4.78 is 16.8. The molecule has 0 aromatic heterocycles. The van der Waals surface area contributed by atoms with E-state index in [4.69, 9.17) is 25.8 Å². The first-order chi connectivity index (χ1) is 12.9. The topological polar surface area (TPSA) is 56.8 Å². The highest BCUT2D eigenvalue weighted by Crippen LogP contribution is 2.29. The van der Waals surface area contributed by atoms with Crippen molar-refractivity contribution in [2.75, 3.05) is 7.11 Å². The van der Waals surface area contributed by atoms with E-state index in [-0.39, 0.29) is 12.0 Å². The summed E-state index contributed by atoms with van der Waals surface area (Å²) in [5.74, 6) is 1.76. The van der Waals surface area contributed by atoms with E-state index in [1.165, 1.54) is 0 Å². The van der Waals surface area contributed by atoms with Crippen molar-refractivity contribution in [1.82, 2.24) is 5.32 Å². The van der Waals surface area contributed by atoms with Gasteiger partial charge < -0.3 is 19.5 Å². The first-order valence-electron chi connectivity index (χ1n) is 8.96.